The van der Waals surface area contributed by atoms with Crippen molar-refractivity contribution in [2.75, 3.05) is 93.3 Å². The molecule has 10 N–H and O–H groups in total. The van der Waals surface area contributed by atoms with Gasteiger partial charge < -0.3 is 81.9 Å². The maximum atomic E-state index is 14.8. The van der Waals surface area contributed by atoms with E-state index in [2.05, 4.69) is 87.1 Å². The lowest BCUT2D eigenvalue weighted by Crippen LogP contribution is -2.61. The van der Waals surface area contributed by atoms with E-state index in [0.717, 1.165) is 44.2 Å². The first-order valence-electron chi connectivity index (χ1n) is 42.9. The first-order valence-corrected chi connectivity index (χ1v) is 42.9. The molecule has 1 aliphatic carbocycles. The van der Waals surface area contributed by atoms with Crippen molar-refractivity contribution >= 4 is 70.8 Å². The van der Waals surface area contributed by atoms with Gasteiger partial charge in [0.05, 0.1) is 68.0 Å². The molecule has 29 heteroatoms. The van der Waals surface area contributed by atoms with Crippen LogP contribution in [0.5, 0.6) is 0 Å². The summed E-state index contributed by atoms with van der Waals surface area (Å²) in [6.07, 6.45) is 7.65. The Bertz CT molecular complexity index is 3420. The van der Waals surface area contributed by atoms with Gasteiger partial charge in [-0.1, -0.05) is 145 Å². The number of methoxy groups -OCH3 is 2. The predicted molar refractivity (Wildman–Crippen MR) is 450 cm³/mol. The van der Waals surface area contributed by atoms with Gasteiger partial charge in [0.15, 0.2) is 0 Å². The Balaban J connectivity index is 1.13. The summed E-state index contributed by atoms with van der Waals surface area (Å²) in [5.41, 5.74) is 6.78. The van der Waals surface area contributed by atoms with Crippen LogP contribution in [0, 0.1) is 41.4 Å². The second-order valence-corrected chi connectivity index (χ2v) is 33.7. The molecule has 12 amide bonds. The summed E-state index contributed by atoms with van der Waals surface area (Å²) in [4.78, 5) is 162. The van der Waals surface area contributed by atoms with Gasteiger partial charge in [0.25, 0.3) is 0 Å². The van der Waals surface area contributed by atoms with Crippen LogP contribution in [-0.2, 0) is 79.9 Å². The number of rotatable bonds is 52. The summed E-state index contributed by atoms with van der Waals surface area (Å²) in [5.74, 6) is -4.55. The van der Waals surface area contributed by atoms with E-state index in [-0.39, 0.29) is 136 Å². The lowest BCUT2D eigenvalue weighted by atomic mass is 9.89. The Kier molecular flexibility index (Phi) is 42.2. The zero-order valence-electron chi connectivity index (χ0n) is 73.4. The number of hydrogen-bond acceptors (Lipinski definition) is 17. The molecule has 2 aromatic carbocycles. The molecule has 2 heterocycles. The van der Waals surface area contributed by atoms with Gasteiger partial charge in [0.1, 0.15) is 24.2 Å². The molecule has 654 valence electrons. The molecule has 0 aromatic heterocycles. The van der Waals surface area contributed by atoms with Crippen molar-refractivity contribution in [2.45, 2.75) is 285 Å². The molecule has 3 aliphatic rings. The van der Waals surface area contributed by atoms with E-state index in [1.807, 2.05) is 90.7 Å². The minimum absolute atomic E-state index is 0.00829. The third-order valence-electron chi connectivity index (χ3n) is 24.0. The number of ether oxygens (including phenoxy) is 4. The molecule has 2 aliphatic heterocycles. The number of anilines is 1. The minimum Gasteiger partial charge on any atom is -0.381 e. The van der Waals surface area contributed by atoms with Crippen LogP contribution in [0.4, 0.5) is 10.5 Å². The number of amides is 12. The Morgan fingerprint density at radius 3 is 1.83 bits per heavy atom. The molecule has 5 rings (SSSR count). The number of likely N-dealkylation sites (tertiary alicyclic amines) is 2. The van der Waals surface area contributed by atoms with Crippen molar-refractivity contribution in [1.82, 2.24) is 61.7 Å². The number of likely N-dealkylation sites (N-methyl/N-ethyl adjacent to an activating group) is 2. The van der Waals surface area contributed by atoms with Crippen molar-refractivity contribution in [3.05, 3.63) is 65.7 Å². The van der Waals surface area contributed by atoms with Crippen LogP contribution in [0.25, 0.3) is 0 Å². The molecule has 3 fully saturated rings. The molecular formula is C87H146N14O15. The molecule has 3 unspecified atom stereocenters. The minimum atomic E-state index is -1.11. The third kappa shape index (κ3) is 30.2. The standard InChI is InChI=1S/C87H146N14O15/c1-20-58(11)54-97(15)76(57(9)10)84(110)95-75(56(7)8)85(111)98(16)77(59(12)21-2)70(113-18)52-73(104)101-44-28-33-69(101)78(114-19)61(14)79(105)93-68(51-62-30-25-24-26-31-62)81(107)90-53-63-34-36-65(37-35-63)91-82(108)67(32-27-43-89-86(88)112)92-83(109)74(55(5)6)94-71(102)41-48-115-46-29-47-116-49-42-72(103)100-45-40-64(50-60(100)13)80(106)96-87(22-3,23-4)99(17)66-38-39-66/h24-26,30-31,34-37,55-61,64,66-70,74-78H,20-23,27-29,32-33,38-54H2,1-19H3,(H,90,107)(H,91,108)(H,92,109)(H,93,105)(H,94,102)(H,95,110)(H,96,106)(H3,88,89,112)/t58?,59-,60?,61+,64?,67-,68-,69-,70+,74-,75-,76-,77-,78+/m0/s1. The highest BCUT2D eigenvalue weighted by Crippen LogP contribution is 2.36. The van der Waals surface area contributed by atoms with Crippen molar-refractivity contribution in [2.24, 2.45) is 47.2 Å². The average molecular weight is 1630 g/mol. The van der Waals surface area contributed by atoms with E-state index >= 15 is 0 Å². The highest BCUT2D eigenvalue weighted by Gasteiger charge is 2.46. The zero-order chi connectivity index (χ0) is 86.1. The quantitative estimate of drug-likeness (QED) is 0.0227. The second-order valence-electron chi connectivity index (χ2n) is 33.7. The molecule has 0 spiro atoms. The van der Waals surface area contributed by atoms with Crippen molar-refractivity contribution in [3.63, 3.8) is 0 Å². The van der Waals surface area contributed by atoms with Crippen LogP contribution in [0.3, 0.4) is 0 Å². The molecule has 2 aromatic rings. The lowest BCUT2D eigenvalue weighted by molar-refractivity contribution is -0.148. The van der Waals surface area contributed by atoms with Gasteiger partial charge in [-0.25, -0.2) is 4.79 Å². The summed E-state index contributed by atoms with van der Waals surface area (Å²) >= 11 is 0. The van der Waals surface area contributed by atoms with Crippen LogP contribution in [0.15, 0.2) is 54.6 Å². The maximum Gasteiger partial charge on any atom is 0.312 e. The molecule has 29 nitrogen and oxygen atoms in total. The van der Waals surface area contributed by atoms with Crippen molar-refractivity contribution in [1.29, 1.82) is 0 Å². The summed E-state index contributed by atoms with van der Waals surface area (Å²) in [6, 6.07) is 10.2. The lowest BCUT2D eigenvalue weighted by Gasteiger charge is -2.44. The SMILES string of the molecule is CCC(C)CN(C)[C@H](C(=O)N[C@H](C(=O)N(C)[C@@H]([C@@H](C)CC)[C@@H](CC(=O)N1CCC[C@H]1[C@H](OC)[C@@H](C)C(=O)N[C@@H](Cc1ccccc1)C(=O)NCc1ccc(NC(=O)[C@H](CCCNC(N)=O)NC(=O)[C@@H](NC(=O)CCOCCCOCCC(=O)N2CCC(C(=O)NC(CC)(CC)N(C)C3CC3)CC2C)C(C)C)cc1)OC)C(C)C)C(C)C. The average Bonchev–Trinajstić information content (AvgIpc) is 1.58. The highest BCUT2D eigenvalue weighted by atomic mass is 16.5. The summed E-state index contributed by atoms with van der Waals surface area (Å²) in [7, 11) is 8.83. The molecular weight excluding hydrogens is 1480 g/mol. The number of nitrogens with one attached hydrogen (secondary N) is 8. The molecule has 2 saturated heterocycles. The fraction of sp³-hybridized carbons (Fsp3) is 0.736. The number of piperidine rings is 1. The Morgan fingerprint density at radius 1 is 0.621 bits per heavy atom. The van der Waals surface area contributed by atoms with Crippen molar-refractivity contribution < 1.29 is 71.7 Å². The van der Waals surface area contributed by atoms with Gasteiger partial charge in [-0.15, -0.1) is 0 Å². The Labute approximate surface area is 692 Å². The van der Waals surface area contributed by atoms with Gasteiger partial charge in [-0.3, -0.25) is 57.7 Å². The highest BCUT2D eigenvalue weighted by molar-refractivity contribution is 5.99. The molecule has 0 radical (unpaired) electrons. The summed E-state index contributed by atoms with van der Waals surface area (Å²) in [5, 5.41) is 23.5. The van der Waals surface area contributed by atoms with Crippen LogP contribution in [0.1, 0.15) is 211 Å². The predicted octanol–water partition coefficient (Wildman–Crippen LogP) is 7.66. The van der Waals surface area contributed by atoms with Gasteiger partial charge in [-0.05, 0) is 144 Å². The topological polar surface area (TPSA) is 363 Å². The largest absolute Gasteiger partial charge is 0.381 e. The Hall–Kier alpha value is -7.83. The smallest absolute Gasteiger partial charge is 0.312 e. The summed E-state index contributed by atoms with van der Waals surface area (Å²) in [6.45, 7) is 30.5. The van der Waals surface area contributed by atoms with E-state index in [0.29, 0.717) is 88.0 Å². The number of carbonyl (C=O) groups is 11. The number of hydrogen-bond donors (Lipinski definition) is 9. The van der Waals surface area contributed by atoms with E-state index in [9.17, 15) is 52.7 Å². The Morgan fingerprint density at radius 2 is 1.26 bits per heavy atom. The van der Waals surface area contributed by atoms with Crippen LogP contribution < -0.4 is 48.3 Å². The normalized spacial score (nSPS) is 18.7. The third-order valence-corrected chi connectivity index (χ3v) is 24.0. The first kappa shape index (κ1) is 98.7. The van der Waals surface area contributed by atoms with Crippen molar-refractivity contribution in [3.8, 4) is 0 Å². The molecule has 0 bridgehead atoms. The van der Waals surface area contributed by atoms with Crippen LogP contribution >= 0.6 is 0 Å². The number of nitrogens with zero attached hydrogens (tertiary/aromatic N) is 5. The van der Waals surface area contributed by atoms with Crippen LogP contribution in [-0.4, -0.2) is 250 Å². The number of nitrogens with two attached hydrogens (primary N) is 1. The van der Waals surface area contributed by atoms with E-state index in [4.69, 9.17) is 24.7 Å². The number of primary amides is 1. The summed E-state index contributed by atoms with van der Waals surface area (Å²) < 4.78 is 23.8. The fourth-order valence-electron chi connectivity index (χ4n) is 16.3. The van der Waals surface area contributed by atoms with Gasteiger partial charge in [-0.2, -0.15) is 0 Å². The molecule has 116 heavy (non-hydrogen) atoms. The van der Waals surface area contributed by atoms with E-state index in [1.54, 1.807) is 69.0 Å². The first-order chi connectivity index (χ1) is 55.1. The monoisotopic (exact) mass is 1630 g/mol. The molecule has 1 saturated carbocycles. The maximum absolute atomic E-state index is 14.8. The fourth-order valence-corrected chi connectivity index (χ4v) is 16.3. The number of benzene rings is 2. The van der Waals surface area contributed by atoms with Gasteiger partial charge in [0.2, 0.25) is 59.1 Å². The van der Waals surface area contributed by atoms with Gasteiger partial charge >= 0.3 is 6.03 Å². The zero-order valence-corrected chi connectivity index (χ0v) is 73.4. The van der Waals surface area contributed by atoms with Crippen LogP contribution in [0.2, 0.25) is 0 Å². The number of carbonyl (C=O) groups excluding carboxylic acids is 11. The molecule has 14 atom stereocenters. The van der Waals surface area contributed by atoms with E-state index < -0.39 is 96.0 Å². The number of urea groups is 1. The van der Waals surface area contributed by atoms with E-state index in [1.165, 1.54) is 7.11 Å². The second kappa shape index (κ2) is 49.5. The van der Waals surface area contributed by atoms with Gasteiger partial charge in [0, 0.05) is 104 Å².